The van der Waals surface area contributed by atoms with Crippen LogP contribution in [0.3, 0.4) is 0 Å². The molecule has 0 aliphatic carbocycles. The molecule has 8 aromatic carbocycles. The molecule has 0 N–H and O–H groups in total. The first-order valence-electron chi connectivity index (χ1n) is 27.2. The molecule has 0 bridgehead atoms. The molecule has 1 aliphatic heterocycles. The normalized spacial score (nSPS) is 13.2. The van der Waals surface area contributed by atoms with Gasteiger partial charge in [-0.1, -0.05) is 215 Å². The van der Waals surface area contributed by atoms with Gasteiger partial charge in [-0.05, 0) is 109 Å². The molecule has 1 aliphatic rings. The Morgan fingerprint density at radius 1 is 0.513 bits per heavy atom. The number of fused-ring (bicyclic) bond motifs is 3. The van der Waals surface area contributed by atoms with Crippen LogP contribution in [0, 0.1) is 18.8 Å². The molecule has 0 saturated carbocycles. The van der Waals surface area contributed by atoms with E-state index in [0.29, 0.717) is 11.5 Å². The molecule has 0 unspecified atom stereocenters. The summed E-state index contributed by atoms with van der Waals surface area (Å²) in [5.41, 5.74) is 16.4. The first-order valence-corrected chi connectivity index (χ1v) is 27.2. The fourth-order valence-corrected chi connectivity index (χ4v) is 11.1. The summed E-state index contributed by atoms with van der Waals surface area (Å²) in [5, 5.41) is 2.17. The standard InChI is InChI=1S/C72H69N4O.Pt/c1-48(2)61-31-22-32-62(49(3)4)69(61)67-46-74(57-30-21-29-54(40-57)70(5,6)7)47-75(67)58-41-56(72(10,11)53-27-19-14-20-28-53)42-60(44-58)77-59-34-35-63-64-39-51(50-23-15-12-16-24-50)33-36-65(64)76(66(63)45-59)68-43-55(37-38-73-68)71(8,9)52-25-17-13-18-26-52;/h12-43,46-49H,1-11H3;/q-3;. The van der Waals surface area contributed by atoms with Gasteiger partial charge in [0.25, 0.3) is 0 Å². The van der Waals surface area contributed by atoms with Crippen molar-refractivity contribution in [1.29, 1.82) is 0 Å². The SMILES string of the molecule is CC(C)c1cccc(C(C)C)c1C1=CN(c2cccc(C(C)(C)C)c2)[CH-]N1c1[c-]c(Oc2[c-]c3c(cc2)c2cc(-c4ccccc4)ccc2n3-c2cc(C(C)(C)c3ccccc3)ccn2)cc(C(C)(C)c2ccccc2)c1.[Pt]. The average molecular weight is 1200 g/mol. The van der Waals surface area contributed by atoms with E-state index in [1.807, 2.05) is 6.20 Å². The maximum absolute atomic E-state index is 7.19. The van der Waals surface area contributed by atoms with E-state index in [0.717, 1.165) is 61.4 Å². The Labute approximate surface area is 477 Å². The first-order chi connectivity index (χ1) is 36.9. The fourth-order valence-electron chi connectivity index (χ4n) is 11.1. The monoisotopic (exact) mass is 1200 g/mol. The van der Waals surface area contributed by atoms with E-state index in [9.17, 15) is 0 Å². The Kier molecular flexibility index (Phi) is 14.8. The first kappa shape index (κ1) is 53.9. The van der Waals surface area contributed by atoms with Gasteiger partial charge in [0.15, 0.2) is 0 Å². The van der Waals surface area contributed by atoms with Gasteiger partial charge in [0, 0.05) is 66.6 Å². The average Bonchev–Trinajstić information content (AvgIpc) is 4.22. The van der Waals surface area contributed by atoms with E-state index >= 15 is 0 Å². The molecule has 5 nitrogen and oxygen atoms in total. The van der Waals surface area contributed by atoms with Crippen molar-refractivity contribution >= 4 is 38.9 Å². The number of ether oxygens (including phenoxy) is 1. The zero-order chi connectivity index (χ0) is 53.8. The van der Waals surface area contributed by atoms with Crippen molar-refractivity contribution in [2.24, 2.45) is 0 Å². The predicted molar refractivity (Wildman–Crippen MR) is 322 cm³/mol. The van der Waals surface area contributed by atoms with E-state index < -0.39 is 5.41 Å². The van der Waals surface area contributed by atoms with Gasteiger partial charge in [-0.2, -0.15) is 6.07 Å². The van der Waals surface area contributed by atoms with Crippen LogP contribution < -0.4 is 14.5 Å². The summed E-state index contributed by atoms with van der Waals surface area (Å²) in [7, 11) is 0. The molecule has 11 rings (SSSR count). The molecule has 0 fully saturated rings. The van der Waals surface area contributed by atoms with Crippen molar-refractivity contribution in [3.8, 4) is 28.4 Å². The second kappa shape index (κ2) is 21.4. The van der Waals surface area contributed by atoms with Crippen molar-refractivity contribution in [1.82, 2.24) is 9.55 Å². The number of nitrogens with zero attached hydrogens (tertiary/aromatic N) is 4. The molecule has 3 heterocycles. The van der Waals surface area contributed by atoms with Crippen molar-refractivity contribution < 1.29 is 25.8 Å². The molecule has 0 radical (unpaired) electrons. The van der Waals surface area contributed by atoms with Crippen LogP contribution in [0.4, 0.5) is 11.4 Å². The van der Waals surface area contributed by atoms with Crippen LogP contribution in [0.1, 0.15) is 133 Å². The molecule has 0 atom stereocenters. The Hall–Kier alpha value is -7.46. The fraction of sp³-hybridized carbons (Fsp3) is 0.222. The van der Waals surface area contributed by atoms with E-state index in [1.165, 1.54) is 38.9 Å². The van der Waals surface area contributed by atoms with Crippen molar-refractivity contribution in [2.45, 2.75) is 104 Å². The summed E-state index contributed by atoms with van der Waals surface area (Å²) in [6.45, 7) is 27.4. The van der Waals surface area contributed by atoms with Gasteiger partial charge in [0.2, 0.25) is 0 Å². The Bertz CT molecular complexity index is 3780. The number of rotatable bonds is 13. The summed E-state index contributed by atoms with van der Waals surface area (Å²) >= 11 is 0. The van der Waals surface area contributed by atoms with Crippen LogP contribution >= 0.6 is 0 Å². The molecule has 6 heteroatoms. The quantitative estimate of drug-likeness (QED) is 0.108. The second-order valence-electron chi connectivity index (χ2n) is 23.5. The summed E-state index contributed by atoms with van der Waals surface area (Å²) in [4.78, 5) is 9.71. The smallest absolute Gasteiger partial charge is 0.135 e. The van der Waals surface area contributed by atoms with Crippen molar-refractivity contribution in [2.75, 3.05) is 9.80 Å². The molecular formula is C72H69N4OPt-3. The molecule has 0 saturated heterocycles. The van der Waals surface area contributed by atoms with Crippen molar-refractivity contribution in [3.05, 3.63) is 264 Å². The zero-order valence-electron chi connectivity index (χ0n) is 46.8. The second-order valence-corrected chi connectivity index (χ2v) is 23.5. The van der Waals surface area contributed by atoms with Crippen LogP contribution in [0.25, 0.3) is 44.4 Å². The number of hydrogen-bond donors (Lipinski definition) is 0. The number of pyridine rings is 1. The number of benzene rings is 8. The van der Waals surface area contributed by atoms with E-state index in [1.54, 1.807) is 0 Å². The Morgan fingerprint density at radius 3 is 1.77 bits per heavy atom. The van der Waals surface area contributed by atoms with Gasteiger partial charge < -0.3 is 19.1 Å². The van der Waals surface area contributed by atoms with Gasteiger partial charge in [0.1, 0.15) is 5.82 Å². The van der Waals surface area contributed by atoms with Crippen LogP contribution in [0.15, 0.2) is 200 Å². The van der Waals surface area contributed by atoms with Gasteiger partial charge in [-0.25, -0.2) is 4.98 Å². The van der Waals surface area contributed by atoms with Gasteiger partial charge in [-0.15, -0.1) is 53.6 Å². The summed E-state index contributed by atoms with van der Waals surface area (Å²) in [6.07, 6.45) is 4.25. The minimum Gasteiger partial charge on any atom is -0.509 e. The third-order valence-electron chi connectivity index (χ3n) is 15.9. The minimum absolute atomic E-state index is 0. The maximum Gasteiger partial charge on any atom is 0.135 e. The molecule has 2 aromatic heterocycles. The summed E-state index contributed by atoms with van der Waals surface area (Å²) < 4.78 is 9.43. The van der Waals surface area contributed by atoms with Gasteiger partial charge in [-0.3, -0.25) is 0 Å². The van der Waals surface area contributed by atoms with E-state index in [2.05, 4.69) is 304 Å². The van der Waals surface area contributed by atoms with Crippen LogP contribution in [0.5, 0.6) is 11.5 Å². The number of anilines is 2. The molecule has 10 aromatic rings. The molecule has 0 amide bonds. The topological polar surface area (TPSA) is 33.5 Å². The van der Waals surface area contributed by atoms with E-state index in [4.69, 9.17) is 9.72 Å². The molecule has 396 valence electrons. The Morgan fingerprint density at radius 2 is 1.13 bits per heavy atom. The zero-order valence-corrected chi connectivity index (χ0v) is 49.1. The third kappa shape index (κ3) is 10.3. The van der Waals surface area contributed by atoms with Gasteiger partial charge >= 0.3 is 0 Å². The van der Waals surface area contributed by atoms with Crippen molar-refractivity contribution in [3.63, 3.8) is 0 Å². The summed E-state index contributed by atoms with van der Waals surface area (Å²) in [5.74, 6) is 2.57. The minimum atomic E-state index is -0.409. The molecular weight excluding hydrogens is 1130 g/mol. The van der Waals surface area contributed by atoms with E-state index in [-0.39, 0.29) is 43.7 Å². The molecule has 78 heavy (non-hydrogen) atoms. The van der Waals surface area contributed by atoms with Gasteiger partial charge in [0.05, 0.1) is 0 Å². The number of aromatic nitrogens is 2. The molecule has 0 spiro atoms. The summed E-state index contributed by atoms with van der Waals surface area (Å²) in [6, 6.07) is 75.3. The van der Waals surface area contributed by atoms with Crippen LogP contribution in [0.2, 0.25) is 0 Å². The maximum atomic E-state index is 7.19. The number of hydrogen-bond acceptors (Lipinski definition) is 4. The Balaban J connectivity index is 0.00000688. The third-order valence-corrected chi connectivity index (χ3v) is 15.9. The largest absolute Gasteiger partial charge is 0.509 e. The van der Waals surface area contributed by atoms with Crippen LogP contribution in [-0.4, -0.2) is 9.55 Å². The predicted octanol–water partition coefficient (Wildman–Crippen LogP) is 18.9. The van der Waals surface area contributed by atoms with Crippen LogP contribution in [-0.2, 0) is 37.3 Å².